The molecular weight excluding hydrogens is 494 g/mol. The number of hydrogen-bond acceptors (Lipinski definition) is 4. The zero-order chi connectivity index (χ0) is 27.1. The molecule has 0 fully saturated rings. The number of aryl methyl sites for hydroxylation is 1. The minimum Gasteiger partial charge on any atom is -0.510 e. The van der Waals surface area contributed by atoms with Crippen LogP contribution in [0, 0.1) is 12.8 Å². The fourth-order valence-corrected chi connectivity index (χ4v) is 5.17. The van der Waals surface area contributed by atoms with Gasteiger partial charge in [0, 0.05) is 50.5 Å². The number of benzene rings is 3. The molecule has 0 spiro atoms. The number of hydrogen-bond donors (Lipinski definition) is 2. The molecule has 0 radical (unpaired) electrons. The lowest BCUT2D eigenvalue weighted by atomic mass is 9.85. The number of likely N-dealkylation sites (N-methyl/N-ethyl adjacent to an activating group) is 2. The van der Waals surface area contributed by atoms with E-state index >= 15 is 0 Å². The van der Waals surface area contributed by atoms with Crippen molar-refractivity contribution < 1.29 is 9.90 Å². The van der Waals surface area contributed by atoms with Gasteiger partial charge < -0.3 is 15.3 Å². The first kappa shape index (κ1) is 27.7. The predicted octanol–water partition coefficient (Wildman–Crippen LogP) is 6.49. The molecule has 3 aromatic rings. The highest BCUT2D eigenvalue weighted by atomic mass is 35.5. The van der Waals surface area contributed by atoms with Crippen LogP contribution >= 0.6 is 11.6 Å². The third-order valence-electron chi connectivity index (χ3n) is 7.42. The number of nitrogens with one attached hydrogen (secondary N) is 1. The van der Waals surface area contributed by atoms with E-state index in [1.54, 1.807) is 0 Å². The molecule has 4 rings (SSSR count). The monoisotopic (exact) mass is 531 g/mol. The standard InChI is InChI=1S/C32H38ClN3O2/c1-4-36(31(25-8-6-5-7-9-25)26-14-16-28(33)17-15-26)19-18-35(3)29-20-27(32(29)38)21-30(37)34-22-24-12-10-23(2)11-13-24/h5-17,27,31,38H,4,18-22H2,1-3H3,(H,34,37). The maximum atomic E-state index is 12.5. The van der Waals surface area contributed by atoms with Crippen molar-refractivity contribution in [2.24, 2.45) is 5.92 Å². The highest BCUT2D eigenvalue weighted by Crippen LogP contribution is 2.37. The smallest absolute Gasteiger partial charge is 0.221 e. The van der Waals surface area contributed by atoms with E-state index in [1.165, 1.54) is 16.7 Å². The van der Waals surface area contributed by atoms with Crippen molar-refractivity contribution in [3.05, 3.63) is 118 Å². The van der Waals surface area contributed by atoms with E-state index in [0.29, 0.717) is 25.1 Å². The Kier molecular flexibility index (Phi) is 9.48. The van der Waals surface area contributed by atoms with E-state index < -0.39 is 0 Å². The van der Waals surface area contributed by atoms with E-state index in [9.17, 15) is 9.90 Å². The summed E-state index contributed by atoms with van der Waals surface area (Å²) in [4.78, 5) is 17.0. The number of carbonyl (C=O) groups is 1. The first-order valence-electron chi connectivity index (χ1n) is 13.4. The van der Waals surface area contributed by atoms with Crippen molar-refractivity contribution in [3.63, 3.8) is 0 Å². The Hall–Kier alpha value is -3.28. The van der Waals surface area contributed by atoms with Crippen LogP contribution in [0.1, 0.15) is 48.1 Å². The first-order chi connectivity index (χ1) is 18.4. The Morgan fingerprint density at radius 2 is 1.66 bits per heavy atom. The van der Waals surface area contributed by atoms with Gasteiger partial charge in [0.25, 0.3) is 0 Å². The quantitative estimate of drug-likeness (QED) is 0.280. The summed E-state index contributed by atoms with van der Waals surface area (Å²) in [6.45, 7) is 7.21. The van der Waals surface area contributed by atoms with Gasteiger partial charge in [0.15, 0.2) is 0 Å². The third-order valence-corrected chi connectivity index (χ3v) is 7.67. The molecule has 1 aliphatic rings. The van der Waals surface area contributed by atoms with Crippen LogP contribution in [0.4, 0.5) is 0 Å². The molecule has 2 N–H and O–H groups in total. The van der Waals surface area contributed by atoms with Crippen molar-refractivity contribution in [3.8, 4) is 0 Å². The minimum absolute atomic E-state index is 0.0327. The van der Waals surface area contributed by atoms with Crippen LogP contribution in [0.2, 0.25) is 5.02 Å². The molecule has 6 heteroatoms. The average molecular weight is 532 g/mol. The summed E-state index contributed by atoms with van der Waals surface area (Å²) in [5.74, 6) is 0.201. The molecular formula is C32H38ClN3O2. The zero-order valence-electron chi connectivity index (χ0n) is 22.5. The number of allylic oxidation sites excluding steroid dienone is 2. The first-order valence-corrected chi connectivity index (χ1v) is 13.7. The molecule has 0 saturated carbocycles. The number of amides is 1. The third kappa shape index (κ3) is 6.97. The predicted molar refractivity (Wildman–Crippen MR) is 155 cm³/mol. The molecule has 0 heterocycles. The number of rotatable bonds is 12. The SMILES string of the molecule is CCN(CCN(C)C1=C(O)C(CC(=O)NCc2ccc(C)cc2)C1)C(c1ccccc1)c1ccc(Cl)cc1. The van der Waals surface area contributed by atoms with Gasteiger partial charge in [-0.05, 0) is 42.3 Å². The van der Waals surface area contributed by atoms with Gasteiger partial charge in [0.1, 0.15) is 5.76 Å². The molecule has 1 amide bonds. The second kappa shape index (κ2) is 13.0. The van der Waals surface area contributed by atoms with Crippen molar-refractivity contribution in [1.82, 2.24) is 15.1 Å². The van der Waals surface area contributed by atoms with Crippen LogP contribution in [-0.2, 0) is 11.3 Å². The summed E-state index contributed by atoms with van der Waals surface area (Å²) in [5, 5.41) is 14.5. The van der Waals surface area contributed by atoms with Gasteiger partial charge in [-0.25, -0.2) is 0 Å². The lowest BCUT2D eigenvalue weighted by Crippen LogP contribution is -2.39. The molecule has 5 nitrogen and oxygen atoms in total. The molecule has 2 atom stereocenters. The highest BCUT2D eigenvalue weighted by molar-refractivity contribution is 6.30. The zero-order valence-corrected chi connectivity index (χ0v) is 23.3. The van der Waals surface area contributed by atoms with Gasteiger partial charge >= 0.3 is 0 Å². The Bertz CT molecular complexity index is 1230. The maximum Gasteiger partial charge on any atom is 0.221 e. The molecule has 3 aromatic carbocycles. The Morgan fingerprint density at radius 3 is 2.29 bits per heavy atom. The summed E-state index contributed by atoms with van der Waals surface area (Å²) < 4.78 is 0. The van der Waals surface area contributed by atoms with Crippen LogP contribution in [0.5, 0.6) is 0 Å². The second-order valence-corrected chi connectivity index (χ2v) is 10.6. The largest absolute Gasteiger partial charge is 0.510 e. The lowest BCUT2D eigenvalue weighted by Gasteiger charge is -2.38. The molecule has 0 aliphatic heterocycles. The van der Waals surface area contributed by atoms with Crippen LogP contribution in [0.25, 0.3) is 0 Å². The Balaban J connectivity index is 1.34. The molecule has 1 aliphatic carbocycles. The van der Waals surface area contributed by atoms with Gasteiger partial charge in [0.2, 0.25) is 5.91 Å². The van der Waals surface area contributed by atoms with Crippen LogP contribution in [-0.4, -0.2) is 47.5 Å². The van der Waals surface area contributed by atoms with E-state index in [2.05, 4.69) is 58.4 Å². The molecule has 0 bridgehead atoms. The summed E-state index contributed by atoms with van der Waals surface area (Å²) >= 11 is 6.17. The molecule has 200 valence electrons. The van der Waals surface area contributed by atoms with E-state index in [0.717, 1.165) is 35.9 Å². The Morgan fingerprint density at radius 1 is 1.00 bits per heavy atom. The van der Waals surface area contributed by atoms with Gasteiger partial charge in [0.05, 0.1) is 11.7 Å². The van der Waals surface area contributed by atoms with Crippen LogP contribution in [0.15, 0.2) is 90.3 Å². The van der Waals surface area contributed by atoms with Gasteiger partial charge in [-0.15, -0.1) is 0 Å². The number of nitrogens with zero attached hydrogens (tertiary/aromatic N) is 2. The normalized spacial score (nSPS) is 15.8. The topological polar surface area (TPSA) is 55.8 Å². The van der Waals surface area contributed by atoms with Gasteiger partial charge in [-0.1, -0.05) is 90.8 Å². The molecule has 38 heavy (non-hydrogen) atoms. The van der Waals surface area contributed by atoms with Crippen molar-refractivity contribution in [1.29, 1.82) is 0 Å². The fourth-order valence-electron chi connectivity index (χ4n) is 5.04. The molecule has 0 aromatic heterocycles. The summed E-state index contributed by atoms with van der Waals surface area (Å²) in [6, 6.07) is 26.9. The summed E-state index contributed by atoms with van der Waals surface area (Å²) in [6.07, 6.45) is 1.02. The Labute approximate surface area is 231 Å². The highest BCUT2D eigenvalue weighted by Gasteiger charge is 2.33. The van der Waals surface area contributed by atoms with E-state index in [1.807, 2.05) is 56.4 Å². The van der Waals surface area contributed by atoms with E-state index in [-0.39, 0.29) is 17.9 Å². The molecule has 0 saturated heterocycles. The number of carbonyl (C=O) groups excluding carboxylic acids is 1. The molecule has 2 unspecified atom stereocenters. The van der Waals surface area contributed by atoms with Gasteiger partial charge in [-0.2, -0.15) is 0 Å². The lowest BCUT2D eigenvalue weighted by molar-refractivity contribution is -0.122. The minimum atomic E-state index is -0.112. The van der Waals surface area contributed by atoms with Crippen LogP contribution < -0.4 is 5.32 Å². The average Bonchev–Trinajstić information content (AvgIpc) is 2.93. The van der Waals surface area contributed by atoms with E-state index in [4.69, 9.17) is 11.6 Å². The number of halogens is 1. The second-order valence-electron chi connectivity index (χ2n) is 10.1. The summed E-state index contributed by atoms with van der Waals surface area (Å²) in [7, 11) is 2.02. The van der Waals surface area contributed by atoms with Crippen molar-refractivity contribution in [2.45, 2.75) is 39.3 Å². The van der Waals surface area contributed by atoms with Crippen LogP contribution in [0.3, 0.4) is 0 Å². The van der Waals surface area contributed by atoms with Crippen molar-refractivity contribution in [2.75, 3.05) is 26.7 Å². The summed E-state index contributed by atoms with van der Waals surface area (Å²) in [5.41, 5.74) is 5.64. The number of aliphatic hydroxyl groups excluding tert-OH is 1. The number of aliphatic hydroxyl groups is 1. The van der Waals surface area contributed by atoms with Gasteiger partial charge in [-0.3, -0.25) is 9.69 Å². The van der Waals surface area contributed by atoms with Crippen molar-refractivity contribution >= 4 is 17.5 Å². The maximum absolute atomic E-state index is 12.5. The fraction of sp³-hybridized carbons (Fsp3) is 0.344.